The fourth-order valence-corrected chi connectivity index (χ4v) is 2.58. The minimum atomic E-state index is 0.553. The van der Waals surface area contributed by atoms with Gasteiger partial charge in [0.1, 0.15) is 12.1 Å². The molecule has 2 heterocycles. The van der Waals surface area contributed by atoms with Crippen LogP contribution in [0.4, 0.5) is 5.82 Å². The molecule has 0 aliphatic rings. The van der Waals surface area contributed by atoms with Crippen LogP contribution in [0.3, 0.4) is 0 Å². The van der Waals surface area contributed by atoms with Crippen molar-refractivity contribution < 1.29 is 0 Å². The van der Waals surface area contributed by atoms with Crippen molar-refractivity contribution in [2.24, 2.45) is 0 Å². The van der Waals surface area contributed by atoms with Crippen LogP contribution < -0.4 is 5.73 Å². The molecular formula is C12H13N3S. The zero-order valence-electron chi connectivity index (χ0n) is 9.27. The van der Waals surface area contributed by atoms with Crippen LogP contribution in [-0.4, -0.2) is 9.97 Å². The van der Waals surface area contributed by atoms with Crippen molar-refractivity contribution >= 4 is 32.9 Å². The van der Waals surface area contributed by atoms with Crippen molar-refractivity contribution in [3.05, 3.63) is 35.5 Å². The van der Waals surface area contributed by atoms with Crippen molar-refractivity contribution in [2.75, 3.05) is 5.73 Å². The predicted molar refractivity (Wildman–Crippen MR) is 70.3 cm³/mol. The predicted octanol–water partition coefficient (Wildman–Crippen LogP) is 3.25. The molecule has 2 aromatic heterocycles. The lowest BCUT2D eigenvalue weighted by atomic mass is 10.2. The first-order valence-electron chi connectivity index (χ1n) is 5.05. The highest BCUT2D eigenvalue weighted by molar-refractivity contribution is 7.20. The van der Waals surface area contributed by atoms with Gasteiger partial charge in [-0.2, -0.15) is 0 Å². The van der Waals surface area contributed by atoms with E-state index in [9.17, 15) is 0 Å². The topological polar surface area (TPSA) is 51.8 Å². The molecule has 0 unspecified atom stereocenters. The molecular weight excluding hydrogens is 218 g/mol. The largest absolute Gasteiger partial charge is 0.382 e. The van der Waals surface area contributed by atoms with Crippen LogP contribution in [-0.2, 0) is 0 Å². The number of nitrogens with two attached hydrogens (primary N) is 1. The van der Waals surface area contributed by atoms with Crippen molar-refractivity contribution in [3.63, 3.8) is 0 Å². The lowest BCUT2D eigenvalue weighted by Gasteiger charge is -1.94. The van der Waals surface area contributed by atoms with Gasteiger partial charge in [-0.3, -0.25) is 0 Å². The standard InChI is InChI=1S/C12H13N3S/c1-3-5-8(4-2)10-6-9-11(16-10)12(13)15-7-14-9/h3-7H,1-2H3,(H2,13,14,15). The van der Waals surface area contributed by atoms with Gasteiger partial charge in [-0.25, -0.2) is 9.97 Å². The summed E-state index contributed by atoms with van der Waals surface area (Å²) in [4.78, 5) is 9.37. The fraction of sp³-hybridized carbons (Fsp3) is 0.167. The van der Waals surface area contributed by atoms with E-state index in [0.29, 0.717) is 5.82 Å². The highest BCUT2D eigenvalue weighted by Gasteiger charge is 2.07. The second-order valence-electron chi connectivity index (χ2n) is 3.33. The van der Waals surface area contributed by atoms with Crippen LogP contribution in [0, 0.1) is 0 Å². The summed E-state index contributed by atoms with van der Waals surface area (Å²) >= 11 is 1.63. The van der Waals surface area contributed by atoms with E-state index in [-0.39, 0.29) is 0 Å². The van der Waals surface area contributed by atoms with Crippen molar-refractivity contribution in [1.29, 1.82) is 0 Å². The molecule has 0 saturated heterocycles. The Morgan fingerprint density at radius 2 is 2.19 bits per heavy atom. The van der Waals surface area contributed by atoms with Crippen LogP contribution in [0.15, 0.2) is 30.6 Å². The number of nitrogens with zero attached hydrogens (tertiary/aromatic N) is 2. The molecule has 2 N–H and O–H groups in total. The smallest absolute Gasteiger partial charge is 0.144 e. The second kappa shape index (κ2) is 4.45. The van der Waals surface area contributed by atoms with Crippen LogP contribution >= 0.6 is 11.3 Å². The summed E-state index contributed by atoms with van der Waals surface area (Å²) in [6.45, 7) is 4.03. The van der Waals surface area contributed by atoms with Crippen LogP contribution in [0.5, 0.6) is 0 Å². The molecule has 0 atom stereocenters. The molecule has 0 fully saturated rings. The molecule has 4 heteroatoms. The van der Waals surface area contributed by atoms with E-state index >= 15 is 0 Å². The number of rotatable bonds is 2. The maximum atomic E-state index is 5.81. The molecule has 2 aromatic rings. The number of hydrogen-bond donors (Lipinski definition) is 1. The van der Waals surface area contributed by atoms with Gasteiger partial charge in [0, 0.05) is 4.88 Å². The molecule has 0 aliphatic heterocycles. The maximum Gasteiger partial charge on any atom is 0.144 e. The van der Waals surface area contributed by atoms with Gasteiger partial charge in [0.25, 0.3) is 0 Å². The van der Waals surface area contributed by atoms with Crippen LogP contribution in [0.2, 0.25) is 0 Å². The minimum Gasteiger partial charge on any atom is -0.382 e. The Labute approximate surface area is 98.3 Å². The summed E-state index contributed by atoms with van der Waals surface area (Å²) in [6.07, 6.45) is 7.68. The zero-order valence-corrected chi connectivity index (χ0v) is 10.1. The van der Waals surface area contributed by atoms with E-state index in [4.69, 9.17) is 5.73 Å². The van der Waals surface area contributed by atoms with E-state index in [1.807, 2.05) is 26.0 Å². The third-order valence-electron chi connectivity index (χ3n) is 2.28. The van der Waals surface area contributed by atoms with Gasteiger partial charge in [0.2, 0.25) is 0 Å². The number of fused-ring (bicyclic) bond motifs is 1. The Kier molecular flexibility index (Phi) is 3.01. The summed E-state index contributed by atoms with van der Waals surface area (Å²) in [5, 5.41) is 0. The third-order valence-corrected chi connectivity index (χ3v) is 3.48. The minimum absolute atomic E-state index is 0.553. The quantitative estimate of drug-likeness (QED) is 0.807. The third kappa shape index (κ3) is 1.84. The van der Waals surface area contributed by atoms with E-state index in [2.05, 4.69) is 22.1 Å². The monoisotopic (exact) mass is 231 g/mol. The maximum absolute atomic E-state index is 5.81. The Hall–Kier alpha value is -1.68. The fourth-order valence-electron chi connectivity index (χ4n) is 1.52. The van der Waals surface area contributed by atoms with Gasteiger partial charge >= 0.3 is 0 Å². The Morgan fingerprint density at radius 3 is 2.81 bits per heavy atom. The second-order valence-corrected chi connectivity index (χ2v) is 4.38. The first-order chi connectivity index (χ1) is 7.76. The van der Waals surface area contributed by atoms with Crippen molar-refractivity contribution in [3.8, 4) is 0 Å². The van der Waals surface area contributed by atoms with Crippen molar-refractivity contribution in [1.82, 2.24) is 9.97 Å². The summed E-state index contributed by atoms with van der Waals surface area (Å²) in [5.74, 6) is 0.553. The Bertz CT molecular complexity index is 567. The zero-order chi connectivity index (χ0) is 11.5. The molecule has 0 spiro atoms. The molecule has 0 amide bonds. The van der Waals surface area contributed by atoms with Crippen molar-refractivity contribution in [2.45, 2.75) is 13.8 Å². The number of thiophene rings is 1. The lowest BCUT2D eigenvalue weighted by Crippen LogP contribution is -1.89. The molecule has 16 heavy (non-hydrogen) atoms. The Balaban J connectivity index is 2.59. The highest BCUT2D eigenvalue weighted by Crippen LogP contribution is 2.32. The van der Waals surface area contributed by atoms with E-state index in [0.717, 1.165) is 10.2 Å². The number of allylic oxidation sites excluding steroid dienone is 4. The normalized spacial score (nSPS) is 12.8. The summed E-state index contributed by atoms with van der Waals surface area (Å²) in [5.41, 5.74) is 7.91. The first-order valence-corrected chi connectivity index (χ1v) is 5.87. The molecule has 0 saturated carbocycles. The van der Waals surface area contributed by atoms with Gasteiger partial charge in [-0.05, 0) is 25.5 Å². The molecule has 0 bridgehead atoms. The lowest BCUT2D eigenvalue weighted by molar-refractivity contribution is 1.24. The Morgan fingerprint density at radius 1 is 1.38 bits per heavy atom. The molecule has 0 radical (unpaired) electrons. The van der Waals surface area contributed by atoms with Crippen LogP contribution in [0.25, 0.3) is 15.8 Å². The number of hydrogen-bond acceptors (Lipinski definition) is 4. The summed E-state index contributed by atoms with van der Waals surface area (Å²) in [6, 6.07) is 2.05. The number of aromatic nitrogens is 2. The number of anilines is 1. The SMILES string of the molecule is CC=CC(=CC)c1cc2ncnc(N)c2s1. The molecule has 0 aliphatic carbocycles. The van der Waals surface area contributed by atoms with E-state index in [1.54, 1.807) is 11.3 Å². The summed E-state index contributed by atoms with van der Waals surface area (Å²) in [7, 11) is 0. The average molecular weight is 231 g/mol. The van der Waals surface area contributed by atoms with Gasteiger partial charge in [0.05, 0.1) is 10.2 Å². The van der Waals surface area contributed by atoms with Gasteiger partial charge < -0.3 is 5.73 Å². The molecule has 82 valence electrons. The molecule has 2 rings (SSSR count). The van der Waals surface area contributed by atoms with E-state index in [1.165, 1.54) is 16.8 Å². The van der Waals surface area contributed by atoms with Gasteiger partial charge in [-0.1, -0.05) is 18.2 Å². The average Bonchev–Trinajstić information content (AvgIpc) is 2.71. The van der Waals surface area contributed by atoms with E-state index < -0.39 is 0 Å². The highest BCUT2D eigenvalue weighted by atomic mass is 32.1. The number of nitrogen functional groups attached to an aromatic ring is 1. The van der Waals surface area contributed by atoms with Gasteiger partial charge in [0.15, 0.2) is 0 Å². The molecule has 3 nitrogen and oxygen atoms in total. The van der Waals surface area contributed by atoms with Crippen LogP contribution in [0.1, 0.15) is 18.7 Å². The van der Waals surface area contributed by atoms with Gasteiger partial charge in [-0.15, -0.1) is 11.3 Å². The first kappa shape index (κ1) is 10.8. The molecule has 0 aromatic carbocycles. The summed E-state index contributed by atoms with van der Waals surface area (Å²) < 4.78 is 0.960.